The van der Waals surface area contributed by atoms with Crippen LogP contribution in [-0.2, 0) is 35.0 Å². The standard InChI is InChI=1S/C50H48N2O5/c1-33-7-25-47(35(3)27-33)51(37(5)53)45-21-13-41(14-22-45)39-9-17-43(18-10-39)49(31-56-49)29-55-30-50(32-57-50)44-19-11-40(12-20-44)42-15-23-46(24-16-42)52(38(6)54)48-26-8-34(2)28-36(48)4/h7-28H,29-32H2,1-6H3. The Labute approximate surface area is 335 Å². The Morgan fingerprint density at radius 3 is 1.11 bits per heavy atom. The molecule has 2 atom stereocenters. The summed E-state index contributed by atoms with van der Waals surface area (Å²) in [6, 6.07) is 45.5. The average Bonchev–Trinajstić information content (AvgIpc) is 4.15. The van der Waals surface area contributed by atoms with Gasteiger partial charge in [0.2, 0.25) is 11.8 Å². The zero-order chi connectivity index (χ0) is 39.9. The largest absolute Gasteiger partial charge is 0.375 e. The molecule has 288 valence electrons. The Balaban J connectivity index is 0.883. The third kappa shape index (κ3) is 7.79. The predicted octanol–water partition coefficient (Wildman–Crippen LogP) is 10.8. The maximum atomic E-state index is 12.7. The van der Waals surface area contributed by atoms with Crippen molar-refractivity contribution in [1.82, 2.24) is 0 Å². The molecule has 7 nitrogen and oxygen atoms in total. The number of carbonyl (C=O) groups is 2. The molecule has 0 N–H and O–H groups in total. The van der Waals surface area contributed by atoms with E-state index < -0.39 is 11.2 Å². The number of hydrogen-bond donors (Lipinski definition) is 0. The van der Waals surface area contributed by atoms with Gasteiger partial charge >= 0.3 is 0 Å². The minimum atomic E-state index is -0.460. The van der Waals surface area contributed by atoms with Crippen LogP contribution in [0.4, 0.5) is 22.7 Å². The molecule has 6 aromatic rings. The third-order valence-corrected chi connectivity index (χ3v) is 11.2. The van der Waals surface area contributed by atoms with Gasteiger partial charge in [0.05, 0.1) is 37.8 Å². The van der Waals surface area contributed by atoms with Crippen LogP contribution in [0.5, 0.6) is 0 Å². The van der Waals surface area contributed by atoms with E-state index in [2.05, 4.69) is 98.8 Å². The van der Waals surface area contributed by atoms with Crippen LogP contribution >= 0.6 is 0 Å². The highest BCUT2D eigenvalue weighted by atomic mass is 16.6. The van der Waals surface area contributed by atoms with E-state index in [-0.39, 0.29) is 11.8 Å². The molecule has 57 heavy (non-hydrogen) atoms. The fourth-order valence-corrected chi connectivity index (χ4v) is 7.85. The van der Waals surface area contributed by atoms with Crippen LogP contribution in [0, 0.1) is 27.7 Å². The lowest BCUT2D eigenvalue weighted by molar-refractivity contribution is -0.116. The number of nitrogens with zero attached hydrogens (tertiary/aromatic N) is 2. The number of benzene rings is 6. The first-order valence-electron chi connectivity index (χ1n) is 19.5. The van der Waals surface area contributed by atoms with E-state index in [1.807, 2.05) is 62.4 Å². The van der Waals surface area contributed by atoms with Crippen molar-refractivity contribution in [3.63, 3.8) is 0 Å². The van der Waals surface area contributed by atoms with Gasteiger partial charge in [0.25, 0.3) is 0 Å². The van der Waals surface area contributed by atoms with Gasteiger partial charge in [0.15, 0.2) is 0 Å². The lowest BCUT2D eigenvalue weighted by atomic mass is 9.96. The summed E-state index contributed by atoms with van der Waals surface area (Å²) in [4.78, 5) is 29.0. The molecule has 2 heterocycles. The van der Waals surface area contributed by atoms with E-state index in [0.29, 0.717) is 26.4 Å². The summed E-state index contributed by atoms with van der Waals surface area (Å²) in [7, 11) is 0. The second-order valence-electron chi connectivity index (χ2n) is 15.6. The lowest BCUT2D eigenvalue weighted by Crippen LogP contribution is -2.23. The average molecular weight is 757 g/mol. The number of rotatable bonds is 12. The van der Waals surface area contributed by atoms with Gasteiger partial charge in [-0.25, -0.2) is 0 Å². The van der Waals surface area contributed by atoms with E-state index in [0.717, 1.165) is 67.3 Å². The van der Waals surface area contributed by atoms with Gasteiger partial charge in [-0.2, -0.15) is 0 Å². The first kappa shape index (κ1) is 38.0. The molecule has 2 saturated heterocycles. The molecule has 7 heteroatoms. The molecule has 0 aliphatic carbocycles. The number of aryl methyl sites for hydroxylation is 4. The first-order valence-corrected chi connectivity index (χ1v) is 19.5. The van der Waals surface area contributed by atoms with Gasteiger partial charge in [0, 0.05) is 25.2 Å². The van der Waals surface area contributed by atoms with E-state index in [9.17, 15) is 9.59 Å². The van der Waals surface area contributed by atoms with Gasteiger partial charge in [0.1, 0.15) is 11.2 Å². The van der Waals surface area contributed by atoms with E-state index in [4.69, 9.17) is 14.2 Å². The molecule has 0 spiro atoms. The van der Waals surface area contributed by atoms with Crippen molar-refractivity contribution in [3.8, 4) is 22.3 Å². The molecule has 6 aromatic carbocycles. The third-order valence-electron chi connectivity index (χ3n) is 11.2. The van der Waals surface area contributed by atoms with E-state index >= 15 is 0 Å². The fourth-order valence-electron chi connectivity index (χ4n) is 7.85. The molecule has 0 radical (unpaired) electrons. The molecule has 2 amide bonds. The lowest BCUT2D eigenvalue weighted by Gasteiger charge is -2.24. The Morgan fingerprint density at radius 2 is 0.825 bits per heavy atom. The van der Waals surface area contributed by atoms with Gasteiger partial charge < -0.3 is 14.2 Å². The van der Waals surface area contributed by atoms with Crippen molar-refractivity contribution < 1.29 is 23.8 Å². The topological polar surface area (TPSA) is 74.9 Å². The molecule has 2 aliphatic heterocycles. The number of hydrogen-bond acceptors (Lipinski definition) is 5. The zero-order valence-electron chi connectivity index (χ0n) is 33.5. The van der Waals surface area contributed by atoms with E-state index in [1.165, 1.54) is 11.1 Å². The molecule has 0 bridgehead atoms. The van der Waals surface area contributed by atoms with Crippen molar-refractivity contribution in [2.45, 2.75) is 52.7 Å². The molecular formula is C50H48N2O5. The van der Waals surface area contributed by atoms with Crippen molar-refractivity contribution in [2.75, 3.05) is 36.2 Å². The second kappa shape index (κ2) is 15.2. The van der Waals surface area contributed by atoms with Crippen LogP contribution in [0.2, 0.25) is 0 Å². The van der Waals surface area contributed by atoms with Crippen molar-refractivity contribution in [3.05, 3.63) is 167 Å². The monoisotopic (exact) mass is 756 g/mol. The fraction of sp³-hybridized carbons (Fsp3) is 0.240. The molecule has 2 unspecified atom stereocenters. The van der Waals surface area contributed by atoms with Crippen LogP contribution in [0.25, 0.3) is 22.3 Å². The van der Waals surface area contributed by atoms with Crippen LogP contribution in [0.3, 0.4) is 0 Å². The predicted molar refractivity (Wildman–Crippen MR) is 227 cm³/mol. The normalized spacial score (nSPS) is 18.2. The quantitative estimate of drug-likeness (QED) is 0.116. The summed E-state index contributed by atoms with van der Waals surface area (Å²) in [6.07, 6.45) is 0. The second-order valence-corrected chi connectivity index (χ2v) is 15.6. The van der Waals surface area contributed by atoms with Crippen LogP contribution in [-0.4, -0.2) is 38.2 Å². The van der Waals surface area contributed by atoms with Crippen LogP contribution < -0.4 is 9.80 Å². The first-order chi connectivity index (χ1) is 27.4. The highest BCUT2D eigenvalue weighted by molar-refractivity contribution is 6.01. The van der Waals surface area contributed by atoms with Crippen molar-refractivity contribution in [1.29, 1.82) is 0 Å². The summed E-state index contributed by atoms with van der Waals surface area (Å²) in [6.45, 7) is 13.5. The Morgan fingerprint density at radius 1 is 0.509 bits per heavy atom. The Hall–Kier alpha value is -5.86. The Bertz CT molecular complexity index is 2260. The molecular weight excluding hydrogens is 709 g/mol. The van der Waals surface area contributed by atoms with Gasteiger partial charge in [-0.1, -0.05) is 108 Å². The summed E-state index contributed by atoms with van der Waals surface area (Å²) >= 11 is 0. The SMILES string of the molecule is CC(=O)N(c1ccc(-c2ccc(C3(COCC4(c5ccc(-c6ccc(N(C(C)=O)c7ccc(C)cc7C)cc6)cc5)CO4)CO3)cc2)cc1)c1ccc(C)cc1C. The highest BCUT2D eigenvalue weighted by Crippen LogP contribution is 2.43. The minimum Gasteiger partial charge on any atom is -0.375 e. The molecule has 8 rings (SSSR count). The number of anilines is 4. The minimum absolute atomic E-state index is 0.0281. The molecule has 0 aromatic heterocycles. The maximum absolute atomic E-state index is 12.7. The highest BCUT2D eigenvalue weighted by Gasteiger charge is 2.50. The zero-order valence-corrected chi connectivity index (χ0v) is 33.5. The molecule has 0 saturated carbocycles. The summed E-state index contributed by atoms with van der Waals surface area (Å²) in [5.41, 5.74) is 13.5. The maximum Gasteiger partial charge on any atom is 0.228 e. The van der Waals surface area contributed by atoms with Gasteiger partial charge in [-0.05, 0) is 109 Å². The van der Waals surface area contributed by atoms with Crippen molar-refractivity contribution >= 4 is 34.6 Å². The Kier molecular flexibility index (Phi) is 10.2. The number of carbonyl (C=O) groups excluding carboxylic acids is 2. The summed E-state index contributed by atoms with van der Waals surface area (Å²) < 4.78 is 18.3. The summed E-state index contributed by atoms with van der Waals surface area (Å²) in [5.74, 6) is -0.0561. The molecule has 2 aliphatic rings. The number of epoxide rings is 2. The van der Waals surface area contributed by atoms with Crippen LogP contribution in [0.1, 0.15) is 47.2 Å². The molecule has 2 fully saturated rings. The van der Waals surface area contributed by atoms with Crippen molar-refractivity contribution in [2.24, 2.45) is 0 Å². The number of amides is 2. The smallest absolute Gasteiger partial charge is 0.228 e. The van der Waals surface area contributed by atoms with E-state index in [1.54, 1.807) is 23.6 Å². The summed E-state index contributed by atoms with van der Waals surface area (Å²) in [5, 5.41) is 0. The van der Waals surface area contributed by atoms with Crippen LogP contribution in [0.15, 0.2) is 133 Å². The van der Waals surface area contributed by atoms with Gasteiger partial charge in [-0.3, -0.25) is 19.4 Å². The number of ether oxygens (including phenoxy) is 3. The van der Waals surface area contributed by atoms with Gasteiger partial charge in [-0.15, -0.1) is 0 Å².